The van der Waals surface area contributed by atoms with Crippen molar-refractivity contribution in [2.45, 2.75) is 13.8 Å². The predicted molar refractivity (Wildman–Crippen MR) is 105 cm³/mol. The summed E-state index contributed by atoms with van der Waals surface area (Å²) in [7, 11) is 0. The number of esters is 1. The Kier molecular flexibility index (Phi) is 5.71. The number of rotatable bonds is 6. The number of carbonyl (C=O) groups is 2. The molecular formula is C22H21NO4. The van der Waals surface area contributed by atoms with E-state index < -0.39 is 5.97 Å². The summed E-state index contributed by atoms with van der Waals surface area (Å²) in [6, 6.07) is 17.2. The first-order valence-electron chi connectivity index (χ1n) is 8.78. The molecule has 0 spiro atoms. The van der Waals surface area contributed by atoms with E-state index in [1.54, 1.807) is 17.0 Å². The summed E-state index contributed by atoms with van der Waals surface area (Å²) in [5.74, 6) is 0.449. The van der Waals surface area contributed by atoms with Crippen LogP contribution < -0.4 is 4.90 Å². The van der Waals surface area contributed by atoms with Gasteiger partial charge in [0, 0.05) is 18.0 Å². The van der Waals surface area contributed by atoms with E-state index >= 15 is 0 Å². The quantitative estimate of drug-likeness (QED) is 0.482. The zero-order valence-corrected chi connectivity index (χ0v) is 15.3. The zero-order valence-electron chi connectivity index (χ0n) is 15.3. The van der Waals surface area contributed by atoms with Gasteiger partial charge < -0.3 is 14.1 Å². The van der Waals surface area contributed by atoms with E-state index in [-0.39, 0.29) is 12.5 Å². The van der Waals surface area contributed by atoms with Crippen molar-refractivity contribution in [1.82, 2.24) is 0 Å². The van der Waals surface area contributed by atoms with E-state index in [2.05, 4.69) is 0 Å². The average molecular weight is 363 g/mol. The Labute approximate surface area is 157 Å². The van der Waals surface area contributed by atoms with E-state index in [0.29, 0.717) is 12.3 Å². The Morgan fingerprint density at radius 2 is 1.85 bits per heavy atom. The maximum absolute atomic E-state index is 12.6. The molecule has 1 heterocycles. The highest BCUT2D eigenvalue weighted by Crippen LogP contribution is 2.26. The van der Waals surface area contributed by atoms with Crippen LogP contribution in [0.3, 0.4) is 0 Å². The van der Waals surface area contributed by atoms with Gasteiger partial charge in [-0.3, -0.25) is 4.79 Å². The molecule has 0 aliphatic rings. The highest BCUT2D eigenvalue weighted by Gasteiger charge is 2.17. The van der Waals surface area contributed by atoms with Gasteiger partial charge in [0.05, 0.1) is 5.69 Å². The first-order valence-corrected chi connectivity index (χ1v) is 8.78. The molecule has 0 saturated carbocycles. The van der Waals surface area contributed by atoms with Crippen LogP contribution in [-0.4, -0.2) is 25.0 Å². The van der Waals surface area contributed by atoms with Crippen LogP contribution in [0.15, 0.2) is 65.1 Å². The van der Waals surface area contributed by atoms with E-state index in [1.807, 2.05) is 56.3 Å². The maximum Gasteiger partial charge on any atom is 0.331 e. The van der Waals surface area contributed by atoms with E-state index in [0.717, 1.165) is 22.2 Å². The Morgan fingerprint density at radius 3 is 2.59 bits per heavy atom. The number of amides is 1. The van der Waals surface area contributed by atoms with Crippen molar-refractivity contribution >= 4 is 34.4 Å². The van der Waals surface area contributed by atoms with Gasteiger partial charge in [0.1, 0.15) is 11.5 Å². The fourth-order valence-electron chi connectivity index (χ4n) is 2.88. The lowest BCUT2D eigenvalue weighted by atomic mass is 10.1. The SMILES string of the molecule is CCN(C(=O)COC(=O)/C=C/c1ccc(C)o1)c1cccc2ccccc12. The molecule has 5 nitrogen and oxygen atoms in total. The van der Waals surface area contributed by atoms with Crippen LogP contribution in [0.5, 0.6) is 0 Å². The van der Waals surface area contributed by atoms with Crippen molar-refractivity contribution < 1.29 is 18.7 Å². The number of furan rings is 1. The fourth-order valence-corrected chi connectivity index (χ4v) is 2.88. The summed E-state index contributed by atoms with van der Waals surface area (Å²) in [6.45, 7) is 3.87. The van der Waals surface area contributed by atoms with Crippen LogP contribution in [0.2, 0.25) is 0 Å². The molecule has 0 bridgehead atoms. The highest BCUT2D eigenvalue weighted by molar-refractivity contribution is 6.04. The number of nitrogens with zero attached hydrogens (tertiary/aromatic N) is 1. The number of benzene rings is 2. The second kappa shape index (κ2) is 8.36. The number of aryl methyl sites for hydroxylation is 1. The van der Waals surface area contributed by atoms with Gasteiger partial charge in [-0.15, -0.1) is 0 Å². The van der Waals surface area contributed by atoms with Crippen LogP contribution in [-0.2, 0) is 14.3 Å². The molecule has 2 aromatic carbocycles. The molecular weight excluding hydrogens is 342 g/mol. The molecule has 1 amide bonds. The number of likely N-dealkylation sites (N-methyl/N-ethyl adjacent to an activating group) is 1. The van der Waals surface area contributed by atoms with Crippen molar-refractivity contribution in [2.75, 3.05) is 18.1 Å². The average Bonchev–Trinajstić information content (AvgIpc) is 3.11. The first kappa shape index (κ1) is 18.5. The maximum atomic E-state index is 12.6. The number of ether oxygens (including phenoxy) is 1. The molecule has 3 aromatic rings. The molecule has 0 radical (unpaired) electrons. The van der Waals surface area contributed by atoms with Crippen LogP contribution in [0, 0.1) is 6.92 Å². The van der Waals surface area contributed by atoms with Gasteiger partial charge in [0.15, 0.2) is 6.61 Å². The summed E-state index contributed by atoms with van der Waals surface area (Å²) in [4.78, 5) is 26.1. The number of hydrogen-bond acceptors (Lipinski definition) is 4. The molecule has 5 heteroatoms. The molecule has 0 unspecified atom stereocenters. The van der Waals surface area contributed by atoms with Gasteiger partial charge in [-0.25, -0.2) is 4.79 Å². The molecule has 0 atom stereocenters. The minimum Gasteiger partial charge on any atom is -0.462 e. The molecule has 0 fully saturated rings. The van der Waals surface area contributed by atoms with Gasteiger partial charge in [-0.05, 0) is 43.5 Å². The van der Waals surface area contributed by atoms with Crippen molar-refractivity contribution in [3.8, 4) is 0 Å². The third kappa shape index (κ3) is 4.44. The van der Waals surface area contributed by atoms with Crippen molar-refractivity contribution in [1.29, 1.82) is 0 Å². The normalized spacial score (nSPS) is 11.0. The highest BCUT2D eigenvalue weighted by atomic mass is 16.5. The summed E-state index contributed by atoms with van der Waals surface area (Å²) in [5, 5.41) is 2.03. The van der Waals surface area contributed by atoms with Gasteiger partial charge in [-0.2, -0.15) is 0 Å². The van der Waals surface area contributed by atoms with Crippen molar-refractivity contribution in [3.05, 3.63) is 72.2 Å². The molecule has 138 valence electrons. The molecule has 0 aliphatic heterocycles. The Balaban J connectivity index is 1.66. The monoisotopic (exact) mass is 363 g/mol. The standard InChI is InChI=1S/C22H21NO4/c1-3-23(20-10-6-8-17-7-4-5-9-19(17)20)21(24)15-26-22(25)14-13-18-12-11-16(2)27-18/h4-14H,3,15H2,1-2H3/b14-13+. The summed E-state index contributed by atoms with van der Waals surface area (Å²) >= 11 is 0. The predicted octanol–water partition coefficient (Wildman–Crippen LogP) is 4.35. The molecule has 0 N–H and O–H groups in total. The zero-order chi connectivity index (χ0) is 19.2. The van der Waals surface area contributed by atoms with Crippen LogP contribution in [0.1, 0.15) is 18.4 Å². The van der Waals surface area contributed by atoms with Crippen LogP contribution in [0.4, 0.5) is 5.69 Å². The minimum atomic E-state index is -0.591. The Bertz CT molecular complexity index is 981. The van der Waals surface area contributed by atoms with Gasteiger partial charge >= 0.3 is 5.97 Å². The summed E-state index contributed by atoms with van der Waals surface area (Å²) < 4.78 is 10.4. The number of carbonyl (C=O) groups excluding carboxylic acids is 2. The second-order valence-corrected chi connectivity index (χ2v) is 6.03. The van der Waals surface area contributed by atoms with E-state index in [9.17, 15) is 9.59 Å². The van der Waals surface area contributed by atoms with Gasteiger partial charge in [-0.1, -0.05) is 36.4 Å². The number of anilines is 1. The van der Waals surface area contributed by atoms with Crippen LogP contribution >= 0.6 is 0 Å². The van der Waals surface area contributed by atoms with E-state index in [4.69, 9.17) is 9.15 Å². The largest absolute Gasteiger partial charge is 0.462 e. The molecule has 3 rings (SSSR count). The molecule has 0 aliphatic carbocycles. The molecule has 0 saturated heterocycles. The number of hydrogen-bond donors (Lipinski definition) is 0. The lowest BCUT2D eigenvalue weighted by molar-refractivity contribution is -0.142. The van der Waals surface area contributed by atoms with Crippen molar-refractivity contribution in [2.24, 2.45) is 0 Å². The van der Waals surface area contributed by atoms with E-state index in [1.165, 1.54) is 12.2 Å². The topological polar surface area (TPSA) is 59.8 Å². The Hall–Kier alpha value is -3.34. The van der Waals surface area contributed by atoms with Crippen molar-refractivity contribution in [3.63, 3.8) is 0 Å². The third-order valence-corrected chi connectivity index (χ3v) is 4.16. The lowest BCUT2D eigenvalue weighted by Gasteiger charge is -2.22. The van der Waals surface area contributed by atoms with Gasteiger partial charge in [0.2, 0.25) is 0 Å². The Morgan fingerprint density at radius 1 is 1.07 bits per heavy atom. The first-order chi connectivity index (χ1) is 13.1. The smallest absolute Gasteiger partial charge is 0.331 e. The number of fused-ring (bicyclic) bond motifs is 1. The molecule has 27 heavy (non-hydrogen) atoms. The van der Waals surface area contributed by atoms with Crippen LogP contribution in [0.25, 0.3) is 16.8 Å². The lowest BCUT2D eigenvalue weighted by Crippen LogP contribution is -2.34. The van der Waals surface area contributed by atoms with Gasteiger partial charge in [0.25, 0.3) is 5.91 Å². The third-order valence-electron chi connectivity index (χ3n) is 4.16. The summed E-state index contributed by atoms with van der Waals surface area (Å²) in [5.41, 5.74) is 0.804. The fraction of sp³-hybridized carbons (Fsp3) is 0.182. The minimum absolute atomic E-state index is 0.274. The molecule has 1 aromatic heterocycles. The second-order valence-electron chi connectivity index (χ2n) is 6.03. The summed E-state index contributed by atoms with van der Waals surface area (Å²) in [6.07, 6.45) is 2.77.